The number of fused-ring (bicyclic) bond motifs is 1. The number of carbonyl (C=O) groups excluding carboxylic acids is 1. The van der Waals surface area contributed by atoms with Crippen molar-refractivity contribution in [1.29, 1.82) is 0 Å². The van der Waals surface area contributed by atoms with Gasteiger partial charge in [0.2, 0.25) is 5.78 Å². The predicted octanol–water partition coefficient (Wildman–Crippen LogP) is 0.967. The average molecular weight is 258 g/mol. The SMILES string of the molecule is COc1ccc(C(=O)c2nnn3c2N(C)CC3)cc1. The Morgan fingerprint density at radius 1 is 1.26 bits per heavy atom. The summed E-state index contributed by atoms with van der Waals surface area (Å²) in [5, 5.41) is 8.00. The van der Waals surface area contributed by atoms with E-state index in [4.69, 9.17) is 4.74 Å². The van der Waals surface area contributed by atoms with E-state index < -0.39 is 0 Å². The molecule has 1 aliphatic heterocycles. The molecule has 2 aromatic rings. The molecule has 6 heteroatoms. The van der Waals surface area contributed by atoms with Gasteiger partial charge in [-0.2, -0.15) is 0 Å². The number of carbonyl (C=O) groups is 1. The van der Waals surface area contributed by atoms with E-state index in [1.165, 1.54) is 0 Å². The Morgan fingerprint density at radius 3 is 2.68 bits per heavy atom. The van der Waals surface area contributed by atoms with Crippen molar-refractivity contribution >= 4 is 11.6 Å². The average Bonchev–Trinajstić information content (AvgIpc) is 3.02. The van der Waals surface area contributed by atoms with Crippen LogP contribution in [0.2, 0.25) is 0 Å². The molecule has 1 aliphatic rings. The van der Waals surface area contributed by atoms with Gasteiger partial charge < -0.3 is 9.64 Å². The second-order valence-corrected chi connectivity index (χ2v) is 4.46. The first-order valence-electron chi connectivity index (χ1n) is 6.04. The Bertz CT molecular complexity index is 618. The third kappa shape index (κ3) is 1.85. The molecule has 0 fully saturated rings. The van der Waals surface area contributed by atoms with Gasteiger partial charge in [-0.15, -0.1) is 5.10 Å². The zero-order chi connectivity index (χ0) is 13.4. The Labute approximate surface area is 110 Å². The van der Waals surface area contributed by atoms with Gasteiger partial charge in [-0.05, 0) is 24.3 Å². The Kier molecular flexibility index (Phi) is 2.70. The maximum Gasteiger partial charge on any atom is 0.217 e. The van der Waals surface area contributed by atoms with Crippen molar-refractivity contribution in [2.24, 2.45) is 0 Å². The fraction of sp³-hybridized carbons (Fsp3) is 0.308. The third-order valence-corrected chi connectivity index (χ3v) is 3.29. The molecule has 0 bridgehead atoms. The standard InChI is InChI=1S/C13H14N4O2/c1-16-7-8-17-13(16)11(14-15-17)12(18)9-3-5-10(19-2)6-4-9/h3-6H,7-8H2,1-2H3. The zero-order valence-corrected chi connectivity index (χ0v) is 10.8. The van der Waals surface area contributed by atoms with Crippen molar-refractivity contribution in [3.05, 3.63) is 35.5 Å². The van der Waals surface area contributed by atoms with Crippen molar-refractivity contribution in [2.45, 2.75) is 6.54 Å². The maximum absolute atomic E-state index is 12.4. The number of rotatable bonds is 3. The van der Waals surface area contributed by atoms with E-state index in [1.807, 2.05) is 11.9 Å². The molecule has 0 amide bonds. The Hall–Kier alpha value is -2.37. The summed E-state index contributed by atoms with van der Waals surface area (Å²) in [6, 6.07) is 7.01. The summed E-state index contributed by atoms with van der Waals surface area (Å²) >= 11 is 0. The second kappa shape index (κ2) is 4.38. The summed E-state index contributed by atoms with van der Waals surface area (Å²) in [6.45, 7) is 1.63. The van der Waals surface area contributed by atoms with Gasteiger partial charge >= 0.3 is 0 Å². The first-order chi connectivity index (χ1) is 9.20. The van der Waals surface area contributed by atoms with E-state index in [9.17, 15) is 4.79 Å². The quantitative estimate of drug-likeness (QED) is 0.768. The summed E-state index contributed by atoms with van der Waals surface area (Å²) < 4.78 is 6.84. The molecule has 0 radical (unpaired) electrons. The monoisotopic (exact) mass is 258 g/mol. The molecule has 6 nitrogen and oxygen atoms in total. The first kappa shape index (κ1) is 11.7. The van der Waals surface area contributed by atoms with E-state index in [0.717, 1.165) is 24.7 Å². The fourth-order valence-corrected chi connectivity index (χ4v) is 2.21. The molecule has 0 saturated heterocycles. The molecule has 0 spiro atoms. The zero-order valence-electron chi connectivity index (χ0n) is 10.8. The van der Waals surface area contributed by atoms with Gasteiger partial charge in [0.25, 0.3) is 0 Å². The highest BCUT2D eigenvalue weighted by Gasteiger charge is 2.27. The molecule has 1 aromatic heterocycles. The first-order valence-corrected chi connectivity index (χ1v) is 6.04. The fourth-order valence-electron chi connectivity index (χ4n) is 2.21. The van der Waals surface area contributed by atoms with Crippen molar-refractivity contribution < 1.29 is 9.53 Å². The van der Waals surface area contributed by atoms with E-state index >= 15 is 0 Å². The lowest BCUT2D eigenvalue weighted by atomic mass is 10.1. The van der Waals surface area contributed by atoms with Crippen LogP contribution in [-0.2, 0) is 6.54 Å². The minimum Gasteiger partial charge on any atom is -0.497 e. The van der Waals surface area contributed by atoms with Crippen LogP contribution in [0.4, 0.5) is 5.82 Å². The van der Waals surface area contributed by atoms with Crippen molar-refractivity contribution in [1.82, 2.24) is 15.0 Å². The van der Waals surface area contributed by atoms with Gasteiger partial charge in [0.15, 0.2) is 11.5 Å². The molecule has 0 saturated carbocycles. The number of benzene rings is 1. The number of aromatic nitrogens is 3. The summed E-state index contributed by atoms with van der Waals surface area (Å²) in [5.74, 6) is 1.40. The van der Waals surface area contributed by atoms with Crippen LogP contribution in [0.1, 0.15) is 16.1 Å². The van der Waals surface area contributed by atoms with Crippen LogP contribution >= 0.6 is 0 Å². The van der Waals surface area contributed by atoms with Crippen molar-refractivity contribution in [3.63, 3.8) is 0 Å². The van der Waals surface area contributed by atoms with Crippen molar-refractivity contribution in [3.8, 4) is 5.75 Å². The van der Waals surface area contributed by atoms with Crippen LogP contribution in [0.5, 0.6) is 5.75 Å². The van der Waals surface area contributed by atoms with E-state index in [1.54, 1.807) is 36.1 Å². The maximum atomic E-state index is 12.4. The highest BCUT2D eigenvalue weighted by Crippen LogP contribution is 2.24. The largest absolute Gasteiger partial charge is 0.497 e. The molecule has 2 heterocycles. The molecular formula is C13H14N4O2. The highest BCUT2D eigenvalue weighted by molar-refractivity contribution is 6.10. The number of anilines is 1. The number of likely N-dealkylation sites (N-methyl/N-ethyl adjacent to an activating group) is 1. The summed E-state index contributed by atoms with van der Waals surface area (Å²) in [4.78, 5) is 14.4. The Morgan fingerprint density at radius 2 is 2.00 bits per heavy atom. The van der Waals surface area contributed by atoms with Crippen molar-refractivity contribution in [2.75, 3.05) is 25.6 Å². The summed E-state index contributed by atoms with van der Waals surface area (Å²) in [5.41, 5.74) is 0.995. The molecule has 0 N–H and O–H groups in total. The summed E-state index contributed by atoms with van der Waals surface area (Å²) in [6.07, 6.45) is 0. The van der Waals surface area contributed by atoms with Crippen LogP contribution in [0, 0.1) is 0 Å². The third-order valence-electron chi connectivity index (χ3n) is 3.29. The molecule has 0 aliphatic carbocycles. The van der Waals surface area contributed by atoms with Gasteiger partial charge in [-0.25, -0.2) is 4.68 Å². The van der Waals surface area contributed by atoms with E-state index in [0.29, 0.717) is 11.3 Å². The molecule has 3 rings (SSSR count). The second-order valence-electron chi connectivity index (χ2n) is 4.46. The van der Waals surface area contributed by atoms with Gasteiger partial charge in [-0.3, -0.25) is 4.79 Å². The van der Waals surface area contributed by atoms with Gasteiger partial charge in [0, 0.05) is 19.2 Å². The molecule has 0 atom stereocenters. The van der Waals surface area contributed by atoms with Gasteiger partial charge in [0.1, 0.15) is 5.75 Å². The lowest BCUT2D eigenvalue weighted by Crippen LogP contribution is -2.16. The van der Waals surface area contributed by atoms with Crippen LogP contribution in [0.25, 0.3) is 0 Å². The molecule has 0 unspecified atom stereocenters. The molecule has 98 valence electrons. The van der Waals surface area contributed by atoms with Gasteiger partial charge in [0.05, 0.1) is 13.7 Å². The number of hydrogen-bond acceptors (Lipinski definition) is 5. The minimum absolute atomic E-state index is 0.113. The van der Waals surface area contributed by atoms with Crippen LogP contribution in [0.15, 0.2) is 24.3 Å². The van der Waals surface area contributed by atoms with Gasteiger partial charge in [-0.1, -0.05) is 5.21 Å². The number of nitrogens with zero attached hydrogens (tertiary/aromatic N) is 4. The normalized spacial score (nSPS) is 13.5. The van der Waals surface area contributed by atoms with Crippen LogP contribution in [-0.4, -0.2) is 41.5 Å². The lowest BCUT2D eigenvalue weighted by molar-refractivity contribution is 0.103. The van der Waals surface area contributed by atoms with Crippen LogP contribution < -0.4 is 9.64 Å². The number of ketones is 1. The smallest absolute Gasteiger partial charge is 0.217 e. The highest BCUT2D eigenvalue weighted by atomic mass is 16.5. The van der Waals surface area contributed by atoms with E-state index in [2.05, 4.69) is 10.3 Å². The Balaban J connectivity index is 1.96. The number of ether oxygens (including phenoxy) is 1. The number of hydrogen-bond donors (Lipinski definition) is 0. The number of methoxy groups -OCH3 is 1. The molecular weight excluding hydrogens is 244 g/mol. The van der Waals surface area contributed by atoms with Crippen LogP contribution in [0.3, 0.4) is 0 Å². The summed E-state index contributed by atoms with van der Waals surface area (Å²) in [7, 11) is 3.53. The lowest BCUT2D eigenvalue weighted by Gasteiger charge is -2.09. The molecule has 19 heavy (non-hydrogen) atoms. The van der Waals surface area contributed by atoms with E-state index in [-0.39, 0.29) is 5.78 Å². The topological polar surface area (TPSA) is 60.2 Å². The minimum atomic E-state index is -0.113. The predicted molar refractivity (Wildman–Crippen MR) is 69.7 cm³/mol. The molecule has 1 aromatic carbocycles.